The van der Waals surface area contributed by atoms with Crippen molar-refractivity contribution < 1.29 is 13.7 Å². The third-order valence-corrected chi connectivity index (χ3v) is 3.37. The number of hydrogen-bond acceptors (Lipinski definition) is 5. The van der Waals surface area contributed by atoms with Gasteiger partial charge < -0.3 is 20.5 Å². The highest BCUT2D eigenvalue weighted by molar-refractivity contribution is 5.74. The van der Waals surface area contributed by atoms with Crippen LogP contribution in [-0.2, 0) is 6.54 Å². The van der Waals surface area contributed by atoms with Crippen molar-refractivity contribution in [1.29, 1.82) is 0 Å². The summed E-state index contributed by atoms with van der Waals surface area (Å²) in [5.41, 5.74) is 0.651. The summed E-state index contributed by atoms with van der Waals surface area (Å²) < 4.78 is 17.9. The Bertz CT molecular complexity index is 637. The fourth-order valence-electron chi connectivity index (χ4n) is 2.21. The predicted octanol–water partition coefficient (Wildman–Crippen LogP) is 1.04. The van der Waals surface area contributed by atoms with Crippen molar-refractivity contribution in [3.63, 3.8) is 0 Å². The fraction of sp³-hybridized carbons (Fsp3) is 0.357. The van der Waals surface area contributed by atoms with Crippen LogP contribution in [0, 0.1) is 5.82 Å². The molecule has 2 heterocycles. The van der Waals surface area contributed by atoms with Crippen molar-refractivity contribution in [2.45, 2.75) is 19.0 Å². The Labute approximate surface area is 126 Å². The van der Waals surface area contributed by atoms with Crippen molar-refractivity contribution in [3.05, 3.63) is 36.0 Å². The molecule has 1 aliphatic heterocycles. The number of rotatable bonds is 4. The molecule has 1 aromatic heterocycles. The number of halogens is 1. The van der Waals surface area contributed by atoms with Gasteiger partial charge in [-0.05, 0) is 37.2 Å². The SMILES string of the molecule is O=C(NCc1nc(-c2ccc(F)cc2)no1)N[C@H]1CCNC1. The minimum Gasteiger partial charge on any atom is -0.337 e. The van der Waals surface area contributed by atoms with Crippen LogP contribution < -0.4 is 16.0 Å². The van der Waals surface area contributed by atoms with E-state index in [2.05, 4.69) is 26.1 Å². The maximum atomic E-state index is 12.9. The molecule has 0 unspecified atom stereocenters. The number of amides is 2. The summed E-state index contributed by atoms with van der Waals surface area (Å²) in [5.74, 6) is 0.323. The van der Waals surface area contributed by atoms with Crippen LogP contribution in [0.2, 0.25) is 0 Å². The Hall–Kier alpha value is -2.48. The van der Waals surface area contributed by atoms with E-state index in [1.54, 1.807) is 12.1 Å². The lowest BCUT2D eigenvalue weighted by molar-refractivity contribution is 0.235. The van der Waals surface area contributed by atoms with Gasteiger partial charge in [-0.2, -0.15) is 4.98 Å². The van der Waals surface area contributed by atoms with Gasteiger partial charge in [0, 0.05) is 18.2 Å². The van der Waals surface area contributed by atoms with Crippen LogP contribution in [0.5, 0.6) is 0 Å². The molecule has 1 saturated heterocycles. The monoisotopic (exact) mass is 305 g/mol. The number of urea groups is 1. The van der Waals surface area contributed by atoms with Crippen molar-refractivity contribution in [2.24, 2.45) is 0 Å². The molecule has 3 rings (SSSR count). The summed E-state index contributed by atoms with van der Waals surface area (Å²) >= 11 is 0. The Morgan fingerprint density at radius 1 is 1.41 bits per heavy atom. The lowest BCUT2D eigenvalue weighted by Gasteiger charge is -2.11. The van der Waals surface area contributed by atoms with E-state index in [-0.39, 0.29) is 24.4 Å². The van der Waals surface area contributed by atoms with Crippen LogP contribution in [0.15, 0.2) is 28.8 Å². The van der Waals surface area contributed by atoms with Gasteiger partial charge in [0.25, 0.3) is 0 Å². The minimum atomic E-state index is -0.327. The van der Waals surface area contributed by atoms with Gasteiger partial charge in [-0.25, -0.2) is 9.18 Å². The van der Waals surface area contributed by atoms with Gasteiger partial charge in [0.05, 0.1) is 6.54 Å². The highest BCUT2D eigenvalue weighted by atomic mass is 19.1. The zero-order valence-corrected chi connectivity index (χ0v) is 11.8. The Morgan fingerprint density at radius 2 is 2.23 bits per heavy atom. The zero-order chi connectivity index (χ0) is 15.4. The Balaban J connectivity index is 1.53. The summed E-state index contributed by atoms with van der Waals surface area (Å²) in [5, 5.41) is 12.5. The van der Waals surface area contributed by atoms with E-state index < -0.39 is 0 Å². The van der Waals surface area contributed by atoms with Crippen molar-refractivity contribution in [3.8, 4) is 11.4 Å². The summed E-state index contributed by atoms with van der Waals surface area (Å²) in [6, 6.07) is 5.67. The smallest absolute Gasteiger partial charge is 0.315 e. The van der Waals surface area contributed by atoms with Crippen LogP contribution in [-0.4, -0.2) is 35.3 Å². The number of benzene rings is 1. The average Bonchev–Trinajstić information content (AvgIpc) is 3.17. The standard InChI is InChI=1S/C14H16FN5O2/c15-10-3-1-9(2-4-10)13-19-12(22-20-13)8-17-14(21)18-11-5-6-16-7-11/h1-4,11,16H,5-8H2,(H2,17,18,21)/t11-/m0/s1. The van der Waals surface area contributed by atoms with Gasteiger partial charge in [0.15, 0.2) is 0 Å². The second-order valence-electron chi connectivity index (χ2n) is 5.04. The first-order chi connectivity index (χ1) is 10.7. The normalized spacial score (nSPS) is 17.4. The maximum absolute atomic E-state index is 12.9. The lowest BCUT2D eigenvalue weighted by atomic mass is 10.2. The first kappa shape index (κ1) is 14.5. The summed E-state index contributed by atoms with van der Waals surface area (Å²) in [4.78, 5) is 15.9. The molecule has 0 saturated carbocycles. The van der Waals surface area contributed by atoms with Gasteiger partial charge in [-0.15, -0.1) is 0 Å². The van der Waals surface area contributed by atoms with E-state index in [9.17, 15) is 9.18 Å². The molecule has 2 amide bonds. The number of nitrogens with zero attached hydrogens (tertiary/aromatic N) is 2. The second kappa shape index (κ2) is 6.52. The molecule has 1 aromatic carbocycles. The molecule has 8 heteroatoms. The van der Waals surface area contributed by atoms with Crippen LogP contribution >= 0.6 is 0 Å². The van der Waals surface area contributed by atoms with Crippen molar-refractivity contribution >= 4 is 6.03 Å². The predicted molar refractivity (Wildman–Crippen MR) is 76.3 cm³/mol. The molecule has 1 fully saturated rings. The minimum absolute atomic E-state index is 0.139. The Kier molecular flexibility index (Phi) is 4.29. The first-order valence-electron chi connectivity index (χ1n) is 7.04. The number of aromatic nitrogens is 2. The summed E-state index contributed by atoms with van der Waals surface area (Å²) in [6.45, 7) is 1.83. The third-order valence-electron chi connectivity index (χ3n) is 3.37. The van der Waals surface area contributed by atoms with Crippen LogP contribution in [0.3, 0.4) is 0 Å². The quantitative estimate of drug-likeness (QED) is 0.785. The molecule has 1 aliphatic rings. The topological polar surface area (TPSA) is 92.1 Å². The largest absolute Gasteiger partial charge is 0.337 e. The van der Waals surface area contributed by atoms with Gasteiger partial charge in [-0.1, -0.05) is 5.16 Å². The van der Waals surface area contributed by atoms with Gasteiger partial charge >= 0.3 is 6.03 Å². The molecule has 7 nitrogen and oxygen atoms in total. The van der Waals surface area contributed by atoms with Crippen LogP contribution in [0.4, 0.5) is 9.18 Å². The third kappa shape index (κ3) is 3.59. The van der Waals surface area contributed by atoms with Crippen LogP contribution in [0.25, 0.3) is 11.4 Å². The first-order valence-corrected chi connectivity index (χ1v) is 7.04. The lowest BCUT2D eigenvalue weighted by Crippen LogP contribution is -2.42. The van der Waals surface area contributed by atoms with E-state index in [0.717, 1.165) is 19.5 Å². The average molecular weight is 305 g/mol. The van der Waals surface area contributed by atoms with E-state index in [4.69, 9.17) is 4.52 Å². The number of carbonyl (C=O) groups excluding carboxylic acids is 1. The van der Waals surface area contributed by atoms with Crippen molar-refractivity contribution in [1.82, 2.24) is 26.1 Å². The van der Waals surface area contributed by atoms with E-state index in [1.807, 2.05) is 0 Å². The molecule has 0 bridgehead atoms. The van der Waals surface area contributed by atoms with Crippen molar-refractivity contribution in [2.75, 3.05) is 13.1 Å². The molecule has 1 atom stereocenters. The molecule has 3 N–H and O–H groups in total. The summed E-state index contributed by atoms with van der Waals surface area (Å²) in [6.07, 6.45) is 0.919. The molecule has 22 heavy (non-hydrogen) atoms. The molecule has 0 spiro atoms. The number of nitrogens with one attached hydrogen (secondary N) is 3. The maximum Gasteiger partial charge on any atom is 0.315 e. The Morgan fingerprint density at radius 3 is 2.95 bits per heavy atom. The second-order valence-corrected chi connectivity index (χ2v) is 5.04. The zero-order valence-electron chi connectivity index (χ0n) is 11.8. The highest BCUT2D eigenvalue weighted by Gasteiger charge is 2.17. The summed E-state index contributed by atoms with van der Waals surface area (Å²) in [7, 11) is 0. The molecular formula is C14H16FN5O2. The molecular weight excluding hydrogens is 289 g/mol. The number of hydrogen-bond donors (Lipinski definition) is 3. The van der Waals surface area contributed by atoms with Crippen LogP contribution in [0.1, 0.15) is 12.3 Å². The molecule has 0 aliphatic carbocycles. The highest BCUT2D eigenvalue weighted by Crippen LogP contribution is 2.15. The fourth-order valence-corrected chi connectivity index (χ4v) is 2.21. The van der Waals surface area contributed by atoms with Gasteiger partial charge in [0.2, 0.25) is 11.7 Å². The van der Waals surface area contributed by atoms with Gasteiger partial charge in [0.1, 0.15) is 5.82 Å². The van der Waals surface area contributed by atoms with E-state index in [1.165, 1.54) is 12.1 Å². The van der Waals surface area contributed by atoms with Gasteiger partial charge in [-0.3, -0.25) is 0 Å². The van der Waals surface area contributed by atoms with E-state index in [0.29, 0.717) is 17.3 Å². The van der Waals surface area contributed by atoms with E-state index >= 15 is 0 Å². The molecule has 116 valence electrons. The molecule has 2 aromatic rings. The molecule has 0 radical (unpaired) electrons. The number of carbonyl (C=O) groups is 1.